The molecule has 2 aromatic carbocycles. The number of nitrogens with one attached hydrogen (secondary N) is 3. The highest BCUT2D eigenvalue weighted by atomic mass is 16.2. The molecule has 0 fully saturated rings. The fraction of sp³-hybridized carbons (Fsp3) is 0.304. The first kappa shape index (κ1) is 21.1. The zero-order valence-electron chi connectivity index (χ0n) is 17.6. The second-order valence-corrected chi connectivity index (χ2v) is 7.84. The van der Waals surface area contributed by atoms with Gasteiger partial charge in [-0.2, -0.15) is 10.4 Å². The largest absolute Gasteiger partial charge is 0.323 e. The molecule has 0 saturated heterocycles. The Labute approximate surface area is 176 Å². The molecule has 3 rings (SSSR count). The third kappa shape index (κ3) is 4.33. The van der Waals surface area contributed by atoms with E-state index in [-0.39, 0.29) is 17.4 Å². The number of urea groups is 1. The van der Waals surface area contributed by atoms with Gasteiger partial charge in [-0.05, 0) is 55.7 Å². The zero-order valence-corrected chi connectivity index (χ0v) is 17.6. The molecule has 1 atom stereocenters. The average molecular weight is 403 g/mol. The van der Waals surface area contributed by atoms with Crippen molar-refractivity contribution in [2.75, 3.05) is 10.6 Å². The zero-order chi connectivity index (χ0) is 21.9. The SMILES string of the molecule is CCC1(C)CC(=O)NN=C1c1ccc(C)c(NC(=O)Nc2ccc(C#N)cc2C)c1. The molecule has 2 aromatic rings. The molecule has 154 valence electrons. The number of carbonyl (C=O) groups is 2. The van der Waals surface area contributed by atoms with Gasteiger partial charge in [-0.1, -0.05) is 26.0 Å². The summed E-state index contributed by atoms with van der Waals surface area (Å²) in [4.78, 5) is 24.4. The molecule has 1 unspecified atom stereocenters. The van der Waals surface area contributed by atoms with Gasteiger partial charge < -0.3 is 10.6 Å². The van der Waals surface area contributed by atoms with Crippen LogP contribution in [0.5, 0.6) is 0 Å². The second-order valence-electron chi connectivity index (χ2n) is 7.84. The lowest BCUT2D eigenvalue weighted by Crippen LogP contribution is -2.40. The summed E-state index contributed by atoms with van der Waals surface area (Å²) in [7, 11) is 0. The van der Waals surface area contributed by atoms with E-state index in [1.165, 1.54) is 0 Å². The monoisotopic (exact) mass is 403 g/mol. The molecular formula is C23H25N5O2. The fourth-order valence-electron chi connectivity index (χ4n) is 3.49. The van der Waals surface area contributed by atoms with E-state index in [2.05, 4.69) is 27.2 Å². The highest BCUT2D eigenvalue weighted by molar-refractivity contribution is 6.09. The third-order valence-electron chi connectivity index (χ3n) is 5.56. The summed E-state index contributed by atoms with van der Waals surface area (Å²) < 4.78 is 0. The molecule has 0 aliphatic carbocycles. The van der Waals surface area contributed by atoms with Crippen LogP contribution in [0.3, 0.4) is 0 Å². The van der Waals surface area contributed by atoms with Crippen molar-refractivity contribution in [2.45, 2.75) is 40.5 Å². The van der Waals surface area contributed by atoms with E-state index < -0.39 is 0 Å². The van der Waals surface area contributed by atoms with Gasteiger partial charge in [-0.3, -0.25) is 4.79 Å². The molecule has 3 N–H and O–H groups in total. The van der Waals surface area contributed by atoms with E-state index in [1.54, 1.807) is 18.2 Å². The van der Waals surface area contributed by atoms with Crippen LogP contribution in [0.4, 0.5) is 16.2 Å². The Bertz CT molecular complexity index is 1080. The molecule has 30 heavy (non-hydrogen) atoms. The smallest absolute Gasteiger partial charge is 0.307 e. The summed E-state index contributed by atoms with van der Waals surface area (Å²) in [6, 6.07) is 12.6. The Kier molecular flexibility index (Phi) is 5.88. The molecule has 7 heteroatoms. The van der Waals surface area contributed by atoms with Crippen LogP contribution < -0.4 is 16.1 Å². The lowest BCUT2D eigenvalue weighted by atomic mass is 9.75. The van der Waals surface area contributed by atoms with Crippen molar-refractivity contribution in [3.8, 4) is 6.07 Å². The maximum atomic E-state index is 12.6. The minimum Gasteiger partial charge on any atom is -0.307 e. The molecule has 1 aliphatic rings. The van der Waals surface area contributed by atoms with Gasteiger partial charge in [-0.15, -0.1) is 0 Å². The molecule has 0 saturated carbocycles. The number of nitrogens with zero attached hydrogens (tertiary/aromatic N) is 2. The van der Waals surface area contributed by atoms with Crippen LogP contribution in [-0.2, 0) is 4.79 Å². The summed E-state index contributed by atoms with van der Waals surface area (Å²) in [5.41, 5.74) is 7.42. The Morgan fingerprint density at radius 3 is 2.57 bits per heavy atom. The van der Waals surface area contributed by atoms with E-state index in [0.29, 0.717) is 23.4 Å². The summed E-state index contributed by atoms with van der Waals surface area (Å²) in [5, 5.41) is 19.0. The minimum absolute atomic E-state index is 0.0919. The predicted octanol–water partition coefficient (Wildman–Crippen LogP) is 4.46. The van der Waals surface area contributed by atoms with Gasteiger partial charge in [-0.25, -0.2) is 10.2 Å². The molecule has 7 nitrogen and oxygen atoms in total. The number of hydrogen-bond donors (Lipinski definition) is 3. The average Bonchev–Trinajstić information content (AvgIpc) is 2.71. The van der Waals surface area contributed by atoms with Crippen molar-refractivity contribution in [3.05, 3.63) is 58.7 Å². The van der Waals surface area contributed by atoms with Crippen molar-refractivity contribution in [1.82, 2.24) is 5.43 Å². The van der Waals surface area contributed by atoms with Crippen LogP contribution in [0.2, 0.25) is 0 Å². The summed E-state index contributed by atoms with van der Waals surface area (Å²) in [5.74, 6) is -0.0919. The Morgan fingerprint density at radius 2 is 1.90 bits per heavy atom. The van der Waals surface area contributed by atoms with Crippen LogP contribution >= 0.6 is 0 Å². The number of hydrazone groups is 1. The van der Waals surface area contributed by atoms with Gasteiger partial charge in [0.2, 0.25) is 5.91 Å². The Morgan fingerprint density at radius 1 is 1.17 bits per heavy atom. The maximum Gasteiger partial charge on any atom is 0.323 e. The van der Waals surface area contributed by atoms with Crippen LogP contribution in [0.15, 0.2) is 41.5 Å². The highest BCUT2D eigenvalue weighted by Crippen LogP contribution is 2.34. The number of benzene rings is 2. The minimum atomic E-state index is -0.375. The van der Waals surface area contributed by atoms with Gasteiger partial charge in [0.1, 0.15) is 0 Å². The van der Waals surface area contributed by atoms with Gasteiger partial charge in [0.25, 0.3) is 0 Å². The topological polar surface area (TPSA) is 106 Å². The highest BCUT2D eigenvalue weighted by Gasteiger charge is 2.36. The first-order valence-corrected chi connectivity index (χ1v) is 9.82. The number of nitriles is 1. The molecule has 1 aliphatic heterocycles. The van der Waals surface area contributed by atoms with Gasteiger partial charge in [0, 0.05) is 28.8 Å². The Balaban J connectivity index is 1.83. The van der Waals surface area contributed by atoms with E-state index in [1.807, 2.05) is 45.9 Å². The third-order valence-corrected chi connectivity index (χ3v) is 5.56. The lowest BCUT2D eigenvalue weighted by Gasteiger charge is -2.32. The summed E-state index contributed by atoms with van der Waals surface area (Å²) in [6.45, 7) is 7.81. The second kappa shape index (κ2) is 8.37. The van der Waals surface area contributed by atoms with Gasteiger partial charge in [0.15, 0.2) is 0 Å². The summed E-state index contributed by atoms with van der Waals surface area (Å²) in [6.07, 6.45) is 1.14. The first-order valence-electron chi connectivity index (χ1n) is 9.82. The Hall–Kier alpha value is -3.66. The summed E-state index contributed by atoms with van der Waals surface area (Å²) >= 11 is 0. The lowest BCUT2D eigenvalue weighted by molar-refractivity contribution is -0.123. The standard InChI is InChI=1S/C23H25N5O2/c1-5-23(4)12-20(29)27-28-21(23)17-8-6-14(2)19(11-17)26-22(30)25-18-9-7-16(13-24)10-15(18)3/h6-11H,5,12H2,1-4H3,(H,27,29)(H2,25,26,30). The van der Waals surface area contributed by atoms with Crippen molar-refractivity contribution in [2.24, 2.45) is 10.5 Å². The van der Waals surface area contributed by atoms with Crippen molar-refractivity contribution in [3.63, 3.8) is 0 Å². The van der Waals surface area contributed by atoms with E-state index in [4.69, 9.17) is 5.26 Å². The van der Waals surface area contributed by atoms with Crippen LogP contribution in [0.1, 0.15) is 48.9 Å². The maximum absolute atomic E-state index is 12.6. The van der Waals surface area contributed by atoms with Crippen LogP contribution in [-0.4, -0.2) is 17.6 Å². The number of rotatable bonds is 4. The number of hydrogen-bond acceptors (Lipinski definition) is 4. The molecule has 0 aromatic heterocycles. The van der Waals surface area contributed by atoms with Crippen LogP contribution in [0.25, 0.3) is 0 Å². The number of anilines is 2. The number of carbonyl (C=O) groups excluding carboxylic acids is 2. The number of aryl methyl sites for hydroxylation is 2. The molecule has 0 bridgehead atoms. The normalized spacial score (nSPS) is 18.1. The van der Waals surface area contributed by atoms with Gasteiger partial charge >= 0.3 is 6.03 Å². The molecule has 0 radical (unpaired) electrons. The van der Waals surface area contributed by atoms with Crippen molar-refractivity contribution < 1.29 is 9.59 Å². The molecular weight excluding hydrogens is 378 g/mol. The first-order chi connectivity index (χ1) is 14.3. The molecule has 3 amide bonds. The fourth-order valence-corrected chi connectivity index (χ4v) is 3.49. The molecule has 1 heterocycles. The van der Waals surface area contributed by atoms with Gasteiger partial charge in [0.05, 0.1) is 17.3 Å². The number of amides is 3. The van der Waals surface area contributed by atoms with E-state index in [9.17, 15) is 9.59 Å². The molecule has 0 spiro atoms. The van der Waals surface area contributed by atoms with Crippen LogP contribution in [0, 0.1) is 30.6 Å². The quantitative estimate of drug-likeness (QED) is 0.701. The van der Waals surface area contributed by atoms with E-state index >= 15 is 0 Å². The predicted molar refractivity (Wildman–Crippen MR) is 117 cm³/mol. The van der Waals surface area contributed by atoms with Crippen molar-refractivity contribution in [1.29, 1.82) is 5.26 Å². The van der Waals surface area contributed by atoms with Crippen molar-refractivity contribution >= 4 is 29.0 Å². The van der Waals surface area contributed by atoms with E-state index in [0.717, 1.165) is 28.8 Å².